The first-order valence-electron chi connectivity index (χ1n) is 13.5. The van der Waals surface area contributed by atoms with Gasteiger partial charge in [-0.1, -0.05) is 0 Å². The van der Waals surface area contributed by atoms with E-state index in [-0.39, 0.29) is 17.0 Å². The van der Waals surface area contributed by atoms with Gasteiger partial charge in [0.05, 0.1) is 0 Å². The normalized spacial score (nSPS) is 12.6. The molecule has 0 nitrogen and oxygen atoms in total. The zero-order chi connectivity index (χ0) is 20.8. The van der Waals surface area contributed by atoms with Crippen LogP contribution in [0.5, 0.6) is 0 Å². The van der Waals surface area contributed by atoms with E-state index >= 15 is 0 Å². The number of hydrogen-bond acceptors (Lipinski definition) is 0. The predicted octanol–water partition coefficient (Wildman–Crippen LogP) is 11.0. The van der Waals surface area contributed by atoms with Gasteiger partial charge in [0.25, 0.3) is 0 Å². The van der Waals surface area contributed by atoms with Crippen LogP contribution in [0.2, 0.25) is 0 Å². The Morgan fingerprint density at radius 3 is 0.966 bits per heavy atom. The van der Waals surface area contributed by atoms with Crippen LogP contribution >= 0.6 is 32.2 Å². The molecule has 29 heavy (non-hydrogen) atoms. The van der Waals surface area contributed by atoms with Crippen molar-refractivity contribution in [1.82, 2.24) is 0 Å². The minimum atomic E-state index is -0.973. The first-order valence-corrected chi connectivity index (χ1v) is 18.3. The minimum absolute atomic E-state index is 0. The fraction of sp³-hybridized carbons (Fsp3) is 1.00. The number of unbranched alkanes of at least 4 members (excludes halogenated alkanes) is 15. The molecule has 0 spiro atoms. The van der Waals surface area contributed by atoms with Crippen molar-refractivity contribution >= 4 is 32.2 Å². The third kappa shape index (κ3) is 21.0. The topological polar surface area (TPSA) is 0 Å². The molecule has 0 fully saturated rings. The molecule has 0 bridgehead atoms. The molecule has 0 aliphatic carbocycles. The molecule has 0 aliphatic rings. The number of rotatable bonds is 23. The van der Waals surface area contributed by atoms with Gasteiger partial charge in [-0.3, -0.25) is 0 Å². The van der Waals surface area contributed by atoms with Gasteiger partial charge >= 0.3 is 183 Å². The summed E-state index contributed by atoms with van der Waals surface area (Å²) in [4.78, 5) is 0. The van der Waals surface area contributed by atoms with Crippen molar-refractivity contribution in [3.63, 3.8) is 0 Å². The fourth-order valence-corrected chi connectivity index (χ4v) is 15.0. The van der Waals surface area contributed by atoms with Crippen LogP contribution in [-0.4, -0.2) is 24.6 Å². The Labute approximate surface area is 199 Å². The summed E-state index contributed by atoms with van der Waals surface area (Å²) in [5.41, 5.74) is 0. The molecule has 0 aromatic heterocycles. The van der Waals surface area contributed by atoms with Crippen LogP contribution in [0, 0.1) is 0 Å². The third-order valence-corrected chi connectivity index (χ3v) is 17.2. The third-order valence-electron chi connectivity index (χ3n) is 6.58. The Kier molecular flexibility index (Phi) is 28.7. The van der Waals surface area contributed by atoms with Gasteiger partial charge in [0.15, 0.2) is 0 Å². The van der Waals surface area contributed by atoms with Gasteiger partial charge in [-0.25, -0.2) is 0 Å². The van der Waals surface area contributed by atoms with Crippen molar-refractivity contribution in [2.45, 2.75) is 143 Å². The van der Waals surface area contributed by atoms with Gasteiger partial charge in [-0.05, 0) is 0 Å². The first-order chi connectivity index (χ1) is 13.7. The predicted molar refractivity (Wildman–Crippen MR) is 152 cm³/mol. The molecule has 0 amide bonds. The summed E-state index contributed by atoms with van der Waals surface area (Å²) in [6.45, 7) is 8.51. The molecule has 0 aromatic carbocycles. The van der Waals surface area contributed by atoms with E-state index in [2.05, 4.69) is 27.7 Å². The average Bonchev–Trinajstić information content (AvgIpc) is 2.70. The van der Waals surface area contributed by atoms with Crippen molar-refractivity contribution in [3.05, 3.63) is 0 Å². The molecule has 0 aromatic rings. The van der Waals surface area contributed by atoms with Gasteiger partial charge in [0, 0.05) is 0 Å². The fourth-order valence-electron chi connectivity index (χ4n) is 4.75. The Morgan fingerprint density at radius 2 is 0.690 bits per heavy atom. The molecular formula is C26H59BrP2. The van der Waals surface area contributed by atoms with E-state index in [0.29, 0.717) is 0 Å². The van der Waals surface area contributed by atoms with Crippen LogP contribution in [0.3, 0.4) is 0 Å². The van der Waals surface area contributed by atoms with Crippen LogP contribution in [0.4, 0.5) is 0 Å². The summed E-state index contributed by atoms with van der Waals surface area (Å²) in [6.07, 6.45) is 33.2. The van der Waals surface area contributed by atoms with E-state index in [4.69, 9.17) is 0 Å². The second kappa shape index (κ2) is 25.6. The van der Waals surface area contributed by atoms with E-state index in [1.165, 1.54) is 111 Å². The molecule has 3 heteroatoms. The molecule has 0 saturated carbocycles. The molecule has 0 aliphatic heterocycles. The summed E-state index contributed by atoms with van der Waals surface area (Å²) in [6, 6.07) is 0. The van der Waals surface area contributed by atoms with E-state index in [1.807, 2.05) is 0 Å². The summed E-state index contributed by atoms with van der Waals surface area (Å²) in [5, 5.41) is 0. The molecular weight excluding hydrogens is 454 g/mol. The molecule has 0 heterocycles. The summed E-state index contributed by atoms with van der Waals surface area (Å²) in [5.74, 6) is 0. The Balaban J connectivity index is 0. The van der Waals surface area contributed by atoms with Gasteiger partial charge < -0.3 is 0 Å². The summed E-state index contributed by atoms with van der Waals surface area (Å²) in [7, 11) is 1.35. The quantitative estimate of drug-likeness (QED) is 0.0941. The van der Waals surface area contributed by atoms with Crippen LogP contribution in [-0.2, 0) is 0 Å². The van der Waals surface area contributed by atoms with Crippen molar-refractivity contribution in [2.75, 3.05) is 24.6 Å². The van der Waals surface area contributed by atoms with Gasteiger partial charge in [-0.15, -0.1) is 17.0 Å². The zero-order valence-corrected chi connectivity index (χ0v) is 24.7. The zero-order valence-electron chi connectivity index (χ0n) is 21.0. The Morgan fingerprint density at radius 1 is 0.414 bits per heavy atom. The molecule has 0 radical (unpaired) electrons. The van der Waals surface area contributed by atoms with Crippen molar-refractivity contribution in [1.29, 1.82) is 0 Å². The second-order valence-corrected chi connectivity index (χ2v) is 18.7. The van der Waals surface area contributed by atoms with E-state index in [9.17, 15) is 0 Å². The number of halogens is 1. The molecule has 1 atom stereocenters. The maximum atomic E-state index is 2.48. The maximum absolute atomic E-state index is 2.48. The summed E-state index contributed by atoms with van der Waals surface area (Å²) >= 11 is 0. The Bertz CT molecular complexity index is 256. The van der Waals surface area contributed by atoms with Gasteiger partial charge in [0.1, 0.15) is 0 Å². The van der Waals surface area contributed by atoms with Crippen LogP contribution in [0.25, 0.3) is 0 Å². The van der Waals surface area contributed by atoms with Gasteiger partial charge in [0.2, 0.25) is 0 Å². The summed E-state index contributed by atoms with van der Waals surface area (Å²) < 4.78 is 0. The average molecular weight is 514 g/mol. The molecule has 0 N–H and O–H groups in total. The van der Waals surface area contributed by atoms with Gasteiger partial charge in [-0.2, -0.15) is 0 Å². The SMILES string of the molecule is Br.CCCCCCCC[PH](CCCCCCCC)(CCCCCCCC)PCC. The van der Waals surface area contributed by atoms with Crippen LogP contribution < -0.4 is 0 Å². The van der Waals surface area contributed by atoms with Crippen LogP contribution in [0.1, 0.15) is 143 Å². The molecule has 0 rings (SSSR count). The standard InChI is InChI=1S/C26H58P2.BrH/c1-5-9-12-15-18-21-24-28(27-8-4,25-22-19-16-13-10-6-2)26-23-20-17-14-11-7-3;/h27-28H,5-26H2,1-4H3;1H. The van der Waals surface area contributed by atoms with Crippen LogP contribution in [0.15, 0.2) is 0 Å². The van der Waals surface area contributed by atoms with Crippen molar-refractivity contribution in [3.8, 4) is 0 Å². The van der Waals surface area contributed by atoms with Crippen molar-refractivity contribution in [2.24, 2.45) is 0 Å². The molecule has 1 unspecified atom stereocenters. The second-order valence-electron chi connectivity index (χ2n) is 9.36. The van der Waals surface area contributed by atoms with Crippen molar-refractivity contribution < 1.29 is 0 Å². The van der Waals surface area contributed by atoms with E-state index in [1.54, 1.807) is 37.7 Å². The molecule has 0 saturated heterocycles. The number of hydrogen-bond donors (Lipinski definition) is 0. The van der Waals surface area contributed by atoms with E-state index < -0.39 is 6.95 Å². The van der Waals surface area contributed by atoms with E-state index in [0.717, 1.165) is 0 Å². The first kappa shape index (κ1) is 32.5. The Hall–Kier alpha value is 1.34. The molecule has 180 valence electrons. The monoisotopic (exact) mass is 512 g/mol.